The number of amides is 2. The average molecular weight is 532 g/mol. The van der Waals surface area contributed by atoms with E-state index in [0.29, 0.717) is 38.8 Å². The molecule has 0 radical (unpaired) electrons. The largest absolute Gasteiger partial charge is 0.342 e. The number of halogens is 2. The van der Waals surface area contributed by atoms with E-state index in [0.717, 1.165) is 5.56 Å². The highest BCUT2D eigenvalue weighted by atomic mass is 35.5. The molecule has 1 atom stereocenters. The van der Waals surface area contributed by atoms with Gasteiger partial charge in [-0.05, 0) is 43.2 Å². The second-order valence-corrected chi connectivity index (χ2v) is 10.0. The van der Waals surface area contributed by atoms with E-state index in [1.54, 1.807) is 36.4 Å². The summed E-state index contributed by atoms with van der Waals surface area (Å²) >= 11 is 13.2. The minimum absolute atomic E-state index is 0.0490. The molecule has 0 saturated heterocycles. The zero-order valence-corrected chi connectivity index (χ0v) is 22.0. The van der Waals surface area contributed by atoms with E-state index in [9.17, 15) is 9.59 Å². The van der Waals surface area contributed by atoms with Crippen molar-refractivity contribution in [1.29, 1.82) is 0 Å². The van der Waals surface area contributed by atoms with Crippen molar-refractivity contribution in [3.8, 4) is 0 Å². The molecule has 35 heavy (non-hydrogen) atoms. The molecule has 3 rings (SSSR count). The smallest absolute Gasteiger partial charge is 0.251 e. The van der Waals surface area contributed by atoms with Crippen LogP contribution in [-0.4, -0.2) is 32.3 Å². The maximum atomic E-state index is 12.9. The normalized spacial score (nSPS) is 11.8. The van der Waals surface area contributed by atoms with E-state index in [1.165, 1.54) is 11.8 Å². The molecule has 0 aliphatic rings. The zero-order chi connectivity index (χ0) is 25.5. The fourth-order valence-electron chi connectivity index (χ4n) is 3.30. The molecule has 0 aliphatic carbocycles. The lowest BCUT2D eigenvalue weighted by Gasteiger charge is -2.22. The number of aryl methyl sites for hydroxylation is 1. The number of rotatable bonds is 10. The molecule has 2 N–H and O–H groups in total. The van der Waals surface area contributed by atoms with Crippen LogP contribution in [0.3, 0.4) is 0 Å². The van der Waals surface area contributed by atoms with Crippen molar-refractivity contribution in [3.63, 3.8) is 0 Å². The van der Waals surface area contributed by atoms with E-state index < -0.39 is 0 Å². The number of allylic oxidation sites excluding steroid dienone is 1. The summed E-state index contributed by atoms with van der Waals surface area (Å²) in [5.41, 5.74) is 2.21. The fraction of sp³-hybridized carbons (Fsp3) is 0.280. The molecule has 1 heterocycles. The molecule has 0 fully saturated rings. The lowest BCUT2D eigenvalue weighted by atomic mass is 10.0. The van der Waals surface area contributed by atoms with Gasteiger partial charge < -0.3 is 15.2 Å². The molecule has 1 aromatic heterocycles. The predicted octanol–water partition coefficient (Wildman–Crippen LogP) is 5.94. The number of nitrogens with one attached hydrogen (secondary N) is 2. The molecule has 2 amide bonds. The van der Waals surface area contributed by atoms with Gasteiger partial charge in [-0.15, -0.1) is 16.8 Å². The van der Waals surface area contributed by atoms with Crippen LogP contribution >= 0.6 is 35.0 Å². The number of thioether (sulfide) groups is 1. The van der Waals surface area contributed by atoms with Gasteiger partial charge in [0.05, 0.1) is 21.8 Å². The van der Waals surface area contributed by atoms with Crippen LogP contribution in [0.5, 0.6) is 0 Å². The van der Waals surface area contributed by atoms with Crippen LogP contribution in [0.1, 0.15) is 41.6 Å². The third kappa shape index (κ3) is 7.10. The van der Waals surface area contributed by atoms with E-state index in [-0.39, 0.29) is 29.5 Å². The maximum Gasteiger partial charge on any atom is 0.251 e. The second-order valence-electron chi connectivity index (χ2n) is 8.27. The molecular formula is C25H27Cl2N5O2S. The summed E-state index contributed by atoms with van der Waals surface area (Å²) in [6.45, 7) is 10.2. The summed E-state index contributed by atoms with van der Waals surface area (Å²) < 4.78 is 1.87. The Balaban J connectivity index is 1.74. The number of anilines is 1. The van der Waals surface area contributed by atoms with Gasteiger partial charge in [0, 0.05) is 17.8 Å². The molecule has 0 saturated carbocycles. The van der Waals surface area contributed by atoms with Crippen LogP contribution in [0.4, 0.5) is 5.69 Å². The van der Waals surface area contributed by atoms with Gasteiger partial charge in [-0.3, -0.25) is 9.59 Å². The number of aromatic nitrogens is 3. The third-order valence-electron chi connectivity index (χ3n) is 5.14. The summed E-state index contributed by atoms with van der Waals surface area (Å²) in [6.07, 6.45) is 1.73. The summed E-state index contributed by atoms with van der Waals surface area (Å²) in [7, 11) is 0. The van der Waals surface area contributed by atoms with Crippen molar-refractivity contribution in [2.24, 2.45) is 5.92 Å². The summed E-state index contributed by atoms with van der Waals surface area (Å²) in [5, 5.41) is 15.9. The first-order chi connectivity index (χ1) is 16.7. The lowest BCUT2D eigenvalue weighted by molar-refractivity contribution is -0.113. The van der Waals surface area contributed by atoms with Crippen molar-refractivity contribution < 1.29 is 9.59 Å². The highest BCUT2D eigenvalue weighted by molar-refractivity contribution is 7.99. The first kappa shape index (κ1) is 26.8. The standard InChI is InChI=1S/C25H27Cl2N5O2S/c1-5-12-32-23(22(15(2)3)29-24(34)17-8-6-16(4)7-9-17)30-31-25(32)35-14-21(33)28-18-10-11-19(26)20(27)13-18/h5-11,13,15,22H,1,12,14H2,2-4H3,(H,28,33)(H,29,34)/t22-/m1/s1. The first-order valence-electron chi connectivity index (χ1n) is 11.0. The Morgan fingerprint density at radius 1 is 1.11 bits per heavy atom. The molecule has 184 valence electrons. The summed E-state index contributed by atoms with van der Waals surface area (Å²) in [5.74, 6) is 0.348. The van der Waals surface area contributed by atoms with Gasteiger partial charge in [0.15, 0.2) is 11.0 Å². The molecule has 2 aromatic carbocycles. The van der Waals surface area contributed by atoms with Crippen molar-refractivity contribution in [2.45, 2.75) is 38.5 Å². The summed E-state index contributed by atoms with van der Waals surface area (Å²) in [4.78, 5) is 25.4. The highest BCUT2D eigenvalue weighted by Crippen LogP contribution is 2.27. The van der Waals surface area contributed by atoms with Crippen LogP contribution in [-0.2, 0) is 11.3 Å². The molecule has 7 nitrogen and oxygen atoms in total. The molecule has 0 spiro atoms. The number of hydrogen-bond acceptors (Lipinski definition) is 5. The van der Waals surface area contributed by atoms with Crippen LogP contribution < -0.4 is 10.6 Å². The molecule has 0 unspecified atom stereocenters. The van der Waals surface area contributed by atoms with Crippen molar-refractivity contribution in [3.05, 3.63) is 82.1 Å². The van der Waals surface area contributed by atoms with Gasteiger partial charge in [0.25, 0.3) is 5.91 Å². The number of hydrogen-bond donors (Lipinski definition) is 2. The van der Waals surface area contributed by atoms with Gasteiger partial charge in [-0.2, -0.15) is 0 Å². The SMILES string of the molecule is C=CCn1c(SCC(=O)Nc2ccc(Cl)c(Cl)c2)nnc1[C@H](NC(=O)c1ccc(C)cc1)C(C)C. The monoisotopic (exact) mass is 531 g/mol. The van der Waals surface area contributed by atoms with Gasteiger partial charge >= 0.3 is 0 Å². The van der Waals surface area contributed by atoms with Gasteiger partial charge in [0.1, 0.15) is 0 Å². The number of carbonyl (C=O) groups is 2. The molecule has 3 aromatic rings. The number of nitrogens with zero attached hydrogens (tertiary/aromatic N) is 3. The van der Waals surface area contributed by atoms with Crippen LogP contribution in [0.15, 0.2) is 60.3 Å². The van der Waals surface area contributed by atoms with Crippen molar-refractivity contribution in [2.75, 3.05) is 11.1 Å². The van der Waals surface area contributed by atoms with E-state index in [1.807, 2.05) is 37.5 Å². The maximum absolute atomic E-state index is 12.9. The Labute approximate surface area is 219 Å². The Hall–Kier alpha value is -2.81. The Morgan fingerprint density at radius 2 is 1.83 bits per heavy atom. The highest BCUT2D eigenvalue weighted by Gasteiger charge is 2.26. The Bertz CT molecular complexity index is 1210. The third-order valence-corrected chi connectivity index (χ3v) is 6.84. The van der Waals surface area contributed by atoms with Crippen molar-refractivity contribution >= 4 is 52.5 Å². The fourth-order valence-corrected chi connectivity index (χ4v) is 4.35. The molecule has 10 heteroatoms. The molecule has 0 aliphatic heterocycles. The van der Waals surface area contributed by atoms with Gasteiger partial charge in [0.2, 0.25) is 5.91 Å². The predicted molar refractivity (Wildman–Crippen MR) is 142 cm³/mol. The topological polar surface area (TPSA) is 88.9 Å². The van der Waals surface area contributed by atoms with Gasteiger partial charge in [-0.1, -0.05) is 72.6 Å². The van der Waals surface area contributed by atoms with E-state index >= 15 is 0 Å². The lowest BCUT2D eigenvalue weighted by Crippen LogP contribution is -2.33. The number of carbonyl (C=O) groups excluding carboxylic acids is 2. The Kier molecular flexibility index (Phi) is 9.37. The average Bonchev–Trinajstić information content (AvgIpc) is 3.21. The quantitative estimate of drug-likeness (QED) is 0.249. The first-order valence-corrected chi connectivity index (χ1v) is 12.7. The minimum atomic E-state index is -0.379. The zero-order valence-electron chi connectivity index (χ0n) is 19.7. The van der Waals surface area contributed by atoms with Crippen molar-refractivity contribution in [1.82, 2.24) is 20.1 Å². The van der Waals surface area contributed by atoms with E-state index in [2.05, 4.69) is 27.4 Å². The summed E-state index contributed by atoms with van der Waals surface area (Å²) in [6, 6.07) is 11.9. The van der Waals surface area contributed by atoms with Crippen LogP contribution in [0, 0.1) is 12.8 Å². The van der Waals surface area contributed by atoms with Crippen LogP contribution in [0.25, 0.3) is 0 Å². The molecule has 0 bridgehead atoms. The Morgan fingerprint density at radius 3 is 2.46 bits per heavy atom. The molecular weight excluding hydrogens is 505 g/mol. The van der Waals surface area contributed by atoms with Crippen LogP contribution in [0.2, 0.25) is 10.0 Å². The van der Waals surface area contributed by atoms with E-state index in [4.69, 9.17) is 23.2 Å². The second kappa shape index (κ2) is 12.2. The van der Waals surface area contributed by atoms with Gasteiger partial charge in [-0.25, -0.2) is 0 Å². The number of benzene rings is 2. The minimum Gasteiger partial charge on any atom is -0.342 e.